The molecule has 1 aliphatic rings. The Hall–Kier alpha value is -0.570. The summed E-state index contributed by atoms with van der Waals surface area (Å²) in [6.45, 7) is 3.58. The van der Waals surface area contributed by atoms with E-state index >= 15 is 0 Å². The molecule has 1 rings (SSSR count). The van der Waals surface area contributed by atoms with Gasteiger partial charge < -0.3 is 10.2 Å². The van der Waals surface area contributed by atoms with Crippen molar-refractivity contribution >= 4 is 5.97 Å². The minimum atomic E-state index is -0.811. The smallest absolute Gasteiger partial charge is 0.309 e. The van der Waals surface area contributed by atoms with Gasteiger partial charge in [0.1, 0.15) is 0 Å². The molecule has 3 heteroatoms. The zero-order valence-electron chi connectivity index (χ0n) is 7.63. The fourth-order valence-corrected chi connectivity index (χ4v) is 1.47. The quantitative estimate of drug-likeness (QED) is 0.674. The summed E-state index contributed by atoms with van der Waals surface area (Å²) >= 11 is 0. The van der Waals surface area contributed by atoms with Crippen molar-refractivity contribution in [3.8, 4) is 0 Å². The van der Waals surface area contributed by atoms with Gasteiger partial charge in [-0.05, 0) is 32.6 Å². The van der Waals surface area contributed by atoms with Crippen LogP contribution in [0.3, 0.4) is 0 Å². The molecule has 1 atom stereocenters. The highest BCUT2D eigenvalue weighted by Crippen LogP contribution is 2.52. The molecule has 0 heterocycles. The topological polar surface area (TPSA) is 57.5 Å². The van der Waals surface area contributed by atoms with Crippen molar-refractivity contribution in [1.29, 1.82) is 0 Å². The molecule has 0 aromatic carbocycles. The number of carbonyl (C=O) groups is 1. The maximum atomic E-state index is 10.8. The minimum absolute atomic E-state index is 0.395. The van der Waals surface area contributed by atoms with E-state index in [0.29, 0.717) is 12.8 Å². The van der Waals surface area contributed by atoms with E-state index in [9.17, 15) is 9.90 Å². The summed E-state index contributed by atoms with van der Waals surface area (Å²) in [6.07, 6.45) is 2.45. The molecule has 0 aromatic heterocycles. The Morgan fingerprint density at radius 1 is 1.58 bits per heavy atom. The van der Waals surface area contributed by atoms with Crippen LogP contribution in [-0.2, 0) is 4.79 Å². The summed E-state index contributed by atoms with van der Waals surface area (Å²) in [6, 6.07) is 0. The van der Waals surface area contributed by atoms with Gasteiger partial charge in [-0.15, -0.1) is 0 Å². The highest BCUT2D eigenvalue weighted by atomic mass is 16.4. The first-order valence-corrected chi connectivity index (χ1v) is 4.38. The second-order valence-corrected chi connectivity index (χ2v) is 4.11. The van der Waals surface area contributed by atoms with Gasteiger partial charge in [0.15, 0.2) is 0 Å². The molecule has 1 saturated carbocycles. The summed E-state index contributed by atoms with van der Waals surface area (Å²) < 4.78 is 0. The first-order chi connectivity index (χ1) is 5.42. The van der Waals surface area contributed by atoms with E-state index in [-0.39, 0.29) is 0 Å². The largest absolute Gasteiger partial charge is 0.481 e. The highest BCUT2D eigenvalue weighted by Gasteiger charge is 2.53. The van der Waals surface area contributed by atoms with E-state index in [4.69, 9.17) is 5.11 Å². The Morgan fingerprint density at radius 3 is 2.33 bits per heavy atom. The summed E-state index contributed by atoms with van der Waals surface area (Å²) in [5.41, 5.74) is -1.41. The van der Waals surface area contributed by atoms with Gasteiger partial charge in [-0.2, -0.15) is 0 Å². The lowest BCUT2D eigenvalue weighted by Crippen LogP contribution is -2.31. The van der Waals surface area contributed by atoms with Crippen LogP contribution in [0.4, 0.5) is 0 Å². The van der Waals surface area contributed by atoms with Crippen LogP contribution in [-0.4, -0.2) is 21.8 Å². The van der Waals surface area contributed by atoms with Gasteiger partial charge >= 0.3 is 5.97 Å². The van der Waals surface area contributed by atoms with E-state index in [1.165, 1.54) is 0 Å². The number of hydrogen-bond donors (Lipinski definition) is 2. The Morgan fingerprint density at radius 2 is 2.08 bits per heavy atom. The van der Waals surface area contributed by atoms with Crippen LogP contribution in [0.1, 0.15) is 39.5 Å². The van der Waals surface area contributed by atoms with Crippen molar-refractivity contribution < 1.29 is 15.0 Å². The van der Waals surface area contributed by atoms with Crippen LogP contribution >= 0.6 is 0 Å². The molecule has 12 heavy (non-hydrogen) atoms. The second kappa shape index (κ2) is 2.73. The average Bonchev–Trinajstić information content (AvgIpc) is 2.69. The standard InChI is InChI=1S/C9H16O3/c1-3-8(2,12)6-9(4-5-9)7(10)11/h12H,3-6H2,1-2H3,(H,10,11). The molecule has 0 aromatic rings. The molecule has 0 spiro atoms. The fourth-order valence-electron chi connectivity index (χ4n) is 1.47. The van der Waals surface area contributed by atoms with Gasteiger partial charge in [-0.1, -0.05) is 6.92 Å². The summed E-state index contributed by atoms with van der Waals surface area (Å²) in [7, 11) is 0. The lowest BCUT2D eigenvalue weighted by Gasteiger charge is -2.24. The lowest BCUT2D eigenvalue weighted by atomic mass is 9.88. The first-order valence-electron chi connectivity index (χ1n) is 4.38. The lowest BCUT2D eigenvalue weighted by molar-refractivity contribution is -0.146. The zero-order chi connectivity index (χ0) is 9.41. The molecule has 1 aliphatic carbocycles. The van der Waals surface area contributed by atoms with Crippen LogP contribution in [0.25, 0.3) is 0 Å². The Kier molecular flexibility index (Phi) is 2.17. The number of aliphatic hydroxyl groups is 1. The van der Waals surface area contributed by atoms with E-state index in [2.05, 4.69) is 0 Å². The van der Waals surface area contributed by atoms with Gasteiger partial charge in [-0.25, -0.2) is 0 Å². The number of hydrogen-bond acceptors (Lipinski definition) is 2. The van der Waals surface area contributed by atoms with Gasteiger partial charge in [0, 0.05) is 0 Å². The summed E-state index contributed by atoms with van der Waals surface area (Å²) in [4.78, 5) is 10.8. The number of carboxylic acid groups (broad SMARTS) is 1. The Labute approximate surface area is 72.4 Å². The maximum absolute atomic E-state index is 10.8. The van der Waals surface area contributed by atoms with Crippen molar-refractivity contribution in [2.45, 2.75) is 45.1 Å². The molecular formula is C9H16O3. The molecule has 0 radical (unpaired) electrons. The SMILES string of the molecule is CCC(C)(O)CC1(C(=O)O)CC1. The van der Waals surface area contributed by atoms with Crippen molar-refractivity contribution in [3.05, 3.63) is 0 Å². The average molecular weight is 172 g/mol. The molecule has 3 nitrogen and oxygen atoms in total. The monoisotopic (exact) mass is 172 g/mol. The molecule has 0 bridgehead atoms. The molecule has 0 aliphatic heterocycles. The summed E-state index contributed by atoms with van der Waals surface area (Å²) in [5.74, 6) is -0.753. The van der Waals surface area contributed by atoms with Crippen LogP contribution in [0.5, 0.6) is 0 Å². The van der Waals surface area contributed by atoms with Gasteiger partial charge in [-0.3, -0.25) is 4.79 Å². The molecular weight excluding hydrogens is 156 g/mol. The minimum Gasteiger partial charge on any atom is -0.481 e. The maximum Gasteiger partial charge on any atom is 0.309 e. The van der Waals surface area contributed by atoms with E-state index in [0.717, 1.165) is 12.8 Å². The highest BCUT2D eigenvalue weighted by molar-refractivity contribution is 5.77. The van der Waals surface area contributed by atoms with Crippen LogP contribution in [0, 0.1) is 5.41 Å². The molecule has 0 saturated heterocycles. The third-order valence-electron chi connectivity index (χ3n) is 2.79. The third-order valence-corrected chi connectivity index (χ3v) is 2.79. The van der Waals surface area contributed by atoms with Crippen LogP contribution in [0.2, 0.25) is 0 Å². The zero-order valence-corrected chi connectivity index (χ0v) is 7.63. The van der Waals surface area contributed by atoms with Crippen molar-refractivity contribution in [2.75, 3.05) is 0 Å². The number of aliphatic carboxylic acids is 1. The molecule has 2 N–H and O–H groups in total. The van der Waals surface area contributed by atoms with Gasteiger partial charge in [0.05, 0.1) is 11.0 Å². The summed E-state index contributed by atoms with van der Waals surface area (Å²) in [5, 5.41) is 18.5. The van der Waals surface area contributed by atoms with Gasteiger partial charge in [0.25, 0.3) is 0 Å². The van der Waals surface area contributed by atoms with Gasteiger partial charge in [0.2, 0.25) is 0 Å². The number of rotatable bonds is 4. The Bertz CT molecular complexity index is 192. The van der Waals surface area contributed by atoms with Crippen LogP contribution in [0.15, 0.2) is 0 Å². The molecule has 1 unspecified atom stereocenters. The first kappa shape index (κ1) is 9.52. The van der Waals surface area contributed by atoms with E-state index in [1.807, 2.05) is 6.92 Å². The third kappa shape index (κ3) is 1.78. The van der Waals surface area contributed by atoms with Crippen LogP contribution < -0.4 is 0 Å². The van der Waals surface area contributed by atoms with Crippen molar-refractivity contribution in [1.82, 2.24) is 0 Å². The molecule has 1 fully saturated rings. The number of carboxylic acids is 1. The Balaban J connectivity index is 2.56. The normalized spacial score (nSPS) is 24.6. The van der Waals surface area contributed by atoms with Crippen molar-refractivity contribution in [3.63, 3.8) is 0 Å². The molecule has 70 valence electrons. The predicted octanol–water partition coefficient (Wildman–Crippen LogP) is 1.40. The fraction of sp³-hybridized carbons (Fsp3) is 0.889. The molecule has 0 amide bonds. The van der Waals surface area contributed by atoms with E-state index in [1.54, 1.807) is 6.92 Å². The second-order valence-electron chi connectivity index (χ2n) is 4.11. The van der Waals surface area contributed by atoms with Crippen molar-refractivity contribution in [2.24, 2.45) is 5.41 Å². The van der Waals surface area contributed by atoms with E-state index < -0.39 is 17.0 Å². The predicted molar refractivity (Wildman–Crippen MR) is 44.8 cm³/mol.